The van der Waals surface area contributed by atoms with Gasteiger partial charge in [0.1, 0.15) is 0 Å². The summed E-state index contributed by atoms with van der Waals surface area (Å²) in [6.07, 6.45) is 12.2. The number of carboxylic acids is 3. The standard InChI is InChI=1S/3C6H10O2.3C3H6O2/c3*7-6-4-2-1-3-5-8-6;3*1-2-3(4)5/h3*1-5H2;3*2H2,1H3,(H,4,5). The monoisotopic (exact) mass is 564 g/mol. The number of ether oxygens (including phenoxy) is 3. The molecule has 3 aliphatic heterocycles. The van der Waals surface area contributed by atoms with Crippen LogP contribution in [0.15, 0.2) is 0 Å². The normalized spacial score (nSPS) is 16.2. The van der Waals surface area contributed by atoms with E-state index in [9.17, 15) is 28.8 Å². The molecule has 39 heavy (non-hydrogen) atoms. The van der Waals surface area contributed by atoms with Crippen LogP contribution in [0, 0.1) is 0 Å². The first-order chi connectivity index (χ1) is 18.5. The predicted octanol–water partition coefficient (Wildman–Crippen LogP) is 4.75. The largest absolute Gasteiger partial charge is 0.481 e. The lowest BCUT2D eigenvalue weighted by molar-refractivity contribution is -0.143. The first-order valence-corrected chi connectivity index (χ1v) is 13.6. The molecule has 0 bridgehead atoms. The molecule has 0 saturated carbocycles. The minimum absolute atomic E-state index is 0.0255. The fraction of sp³-hybridized carbons (Fsp3) is 0.778. The zero-order valence-electron chi connectivity index (χ0n) is 23.7. The van der Waals surface area contributed by atoms with Crippen molar-refractivity contribution in [3.63, 3.8) is 0 Å². The van der Waals surface area contributed by atoms with E-state index in [2.05, 4.69) is 0 Å². The van der Waals surface area contributed by atoms with Crippen LogP contribution in [0.1, 0.15) is 117 Å². The van der Waals surface area contributed by atoms with Gasteiger partial charge in [-0.3, -0.25) is 28.8 Å². The molecule has 0 aromatic carbocycles. The second kappa shape index (κ2) is 31.0. The minimum Gasteiger partial charge on any atom is -0.481 e. The average Bonchev–Trinajstić information content (AvgIpc) is 3.41. The van der Waals surface area contributed by atoms with E-state index in [-0.39, 0.29) is 37.2 Å². The zero-order valence-corrected chi connectivity index (χ0v) is 23.7. The molecule has 0 spiro atoms. The maximum absolute atomic E-state index is 10.5. The second-order valence-electron chi connectivity index (χ2n) is 8.34. The summed E-state index contributed by atoms with van der Waals surface area (Å²) in [5, 5.41) is 23.2. The summed E-state index contributed by atoms with van der Waals surface area (Å²) in [6.45, 7) is 6.71. The Kier molecular flexibility index (Phi) is 32.1. The van der Waals surface area contributed by atoms with Gasteiger partial charge >= 0.3 is 35.8 Å². The maximum Gasteiger partial charge on any atom is 0.305 e. The molecule has 0 aromatic heterocycles. The van der Waals surface area contributed by atoms with Crippen molar-refractivity contribution in [3.8, 4) is 0 Å². The van der Waals surface area contributed by atoms with Crippen LogP contribution in [0.3, 0.4) is 0 Å². The van der Waals surface area contributed by atoms with Gasteiger partial charge in [0.15, 0.2) is 0 Å². The van der Waals surface area contributed by atoms with Crippen LogP contribution in [0.5, 0.6) is 0 Å². The van der Waals surface area contributed by atoms with Gasteiger partial charge < -0.3 is 29.5 Å². The number of rotatable bonds is 3. The van der Waals surface area contributed by atoms with Gasteiger partial charge in [0.2, 0.25) is 0 Å². The number of carboxylic acid groups (broad SMARTS) is 3. The van der Waals surface area contributed by atoms with Gasteiger partial charge in [0, 0.05) is 38.5 Å². The molecule has 3 saturated heterocycles. The summed E-state index contributed by atoms with van der Waals surface area (Å²) in [5.74, 6) is -2.31. The van der Waals surface area contributed by atoms with Gasteiger partial charge in [-0.15, -0.1) is 0 Å². The van der Waals surface area contributed by atoms with Crippen molar-refractivity contribution in [3.05, 3.63) is 0 Å². The van der Waals surface area contributed by atoms with E-state index >= 15 is 0 Å². The molecule has 0 aliphatic carbocycles. The fourth-order valence-corrected chi connectivity index (χ4v) is 2.42. The molecule has 0 amide bonds. The molecule has 12 nitrogen and oxygen atoms in total. The van der Waals surface area contributed by atoms with Crippen molar-refractivity contribution in [2.24, 2.45) is 0 Å². The Hall–Kier alpha value is -3.18. The van der Waals surface area contributed by atoms with E-state index in [4.69, 9.17) is 29.5 Å². The summed E-state index contributed by atoms with van der Waals surface area (Å²) in [6, 6.07) is 0. The Morgan fingerprint density at radius 2 is 0.692 bits per heavy atom. The number of hydrogen-bond donors (Lipinski definition) is 3. The van der Waals surface area contributed by atoms with E-state index in [1.807, 2.05) is 0 Å². The molecule has 3 rings (SSSR count). The molecule has 228 valence electrons. The van der Waals surface area contributed by atoms with Gasteiger partial charge in [-0.2, -0.15) is 0 Å². The Morgan fingerprint density at radius 3 is 0.872 bits per heavy atom. The lowest BCUT2D eigenvalue weighted by atomic mass is 10.2. The van der Waals surface area contributed by atoms with Crippen LogP contribution in [-0.2, 0) is 43.0 Å². The fourth-order valence-electron chi connectivity index (χ4n) is 2.42. The van der Waals surface area contributed by atoms with Gasteiger partial charge in [-0.25, -0.2) is 0 Å². The molecule has 0 atom stereocenters. The lowest BCUT2D eigenvalue weighted by Crippen LogP contribution is -2.00. The number of esters is 3. The number of carbonyl (C=O) groups is 6. The lowest BCUT2D eigenvalue weighted by Gasteiger charge is -1.93. The molecule has 0 radical (unpaired) electrons. The Bertz CT molecular complexity index is 555. The van der Waals surface area contributed by atoms with Crippen LogP contribution >= 0.6 is 0 Å². The van der Waals surface area contributed by atoms with Gasteiger partial charge in [0.05, 0.1) is 19.8 Å². The molecule has 3 fully saturated rings. The van der Waals surface area contributed by atoms with E-state index in [0.29, 0.717) is 39.1 Å². The van der Waals surface area contributed by atoms with E-state index in [1.54, 1.807) is 20.8 Å². The number of hydrogen-bond acceptors (Lipinski definition) is 9. The first kappa shape index (κ1) is 40.3. The van der Waals surface area contributed by atoms with Crippen LogP contribution in [0.2, 0.25) is 0 Å². The third-order valence-electron chi connectivity index (χ3n) is 4.77. The average molecular weight is 565 g/mol. The third-order valence-corrected chi connectivity index (χ3v) is 4.77. The molecule has 0 unspecified atom stereocenters. The predicted molar refractivity (Wildman–Crippen MR) is 142 cm³/mol. The van der Waals surface area contributed by atoms with Crippen molar-refractivity contribution in [2.45, 2.75) is 117 Å². The smallest absolute Gasteiger partial charge is 0.305 e. The summed E-state index contributed by atoms with van der Waals surface area (Å²) >= 11 is 0. The quantitative estimate of drug-likeness (QED) is 0.315. The molecule has 3 heterocycles. The highest BCUT2D eigenvalue weighted by Crippen LogP contribution is 2.07. The number of aliphatic carboxylic acids is 3. The van der Waals surface area contributed by atoms with Crippen molar-refractivity contribution in [1.29, 1.82) is 0 Å². The summed E-state index contributed by atoms with van der Waals surface area (Å²) in [7, 11) is 0. The number of cyclic esters (lactones) is 3. The van der Waals surface area contributed by atoms with Gasteiger partial charge in [-0.05, 0) is 57.8 Å². The van der Waals surface area contributed by atoms with Crippen LogP contribution in [0.4, 0.5) is 0 Å². The Balaban J connectivity index is -0.000000406. The van der Waals surface area contributed by atoms with Crippen LogP contribution < -0.4 is 0 Å². The van der Waals surface area contributed by atoms with Crippen molar-refractivity contribution >= 4 is 35.8 Å². The molecule has 3 N–H and O–H groups in total. The zero-order chi connectivity index (χ0) is 30.3. The Labute approximate surface area is 231 Å². The molecular weight excluding hydrogens is 516 g/mol. The number of carbonyl (C=O) groups excluding carboxylic acids is 3. The topological polar surface area (TPSA) is 191 Å². The molecule has 0 aromatic rings. The molecular formula is C27H48O12. The highest BCUT2D eigenvalue weighted by atomic mass is 16.5. The molecule has 3 aliphatic rings. The summed E-state index contributed by atoms with van der Waals surface area (Å²) < 4.78 is 14.3. The minimum atomic E-state index is -0.745. The van der Waals surface area contributed by atoms with E-state index in [0.717, 1.165) is 57.8 Å². The summed E-state index contributed by atoms with van der Waals surface area (Å²) in [4.78, 5) is 59.5. The van der Waals surface area contributed by atoms with Crippen molar-refractivity contribution in [2.75, 3.05) is 19.8 Å². The van der Waals surface area contributed by atoms with Gasteiger partial charge in [0.25, 0.3) is 0 Å². The third kappa shape index (κ3) is 42.2. The molecule has 12 heteroatoms. The van der Waals surface area contributed by atoms with Crippen molar-refractivity contribution in [1.82, 2.24) is 0 Å². The first-order valence-electron chi connectivity index (χ1n) is 13.6. The Morgan fingerprint density at radius 1 is 0.487 bits per heavy atom. The van der Waals surface area contributed by atoms with E-state index < -0.39 is 17.9 Å². The highest BCUT2D eigenvalue weighted by Gasteiger charge is 2.07. The van der Waals surface area contributed by atoms with E-state index in [1.165, 1.54) is 0 Å². The van der Waals surface area contributed by atoms with Crippen LogP contribution in [-0.4, -0.2) is 71.0 Å². The van der Waals surface area contributed by atoms with Crippen molar-refractivity contribution < 1.29 is 58.3 Å². The van der Waals surface area contributed by atoms with Crippen LogP contribution in [0.25, 0.3) is 0 Å². The second-order valence-corrected chi connectivity index (χ2v) is 8.34. The van der Waals surface area contributed by atoms with Gasteiger partial charge in [-0.1, -0.05) is 20.8 Å². The summed E-state index contributed by atoms with van der Waals surface area (Å²) in [5.41, 5.74) is 0. The highest BCUT2D eigenvalue weighted by molar-refractivity contribution is 5.70. The SMILES string of the molecule is CCC(=O)O.CCC(=O)O.CCC(=O)O.O=C1CCCCCO1.O=C1CCCCCO1.O=C1CCCCCO1. The maximum atomic E-state index is 10.5.